The number of pyridine rings is 1. The second-order valence-corrected chi connectivity index (χ2v) is 8.57. The minimum atomic E-state index is -0.339. The van der Waals surface area contributed by atoms with Crippen molar-refractivity contribution in [2.45, 2.75) is 32.2 Å². The SMILES string of the molecule is CC1CCCCNC(=O)c2cccc(c2)C(=O)Nc2nc3cccc(-c4ccc[n+]([O-])c4)c3n21. The molecule has 0 aliphatic carbocycles. The van der Waals surface area contributed by atoms with Crippen LogP contribution in [-0.4, -0.2) is 27.9 Å². The predicted octanol–water partition coefficient (Wildman–Crippen LogP) is 4.06. The number of amides is 2. The number of carbonyl (C=O) groups is 2. The van der Waals surface area contributed by atoms with Crippen LogP contribution >= 0.6 is 0 Å². The maximum absolute atomic E-state index is 13.2. The van der Waals surface area contributed by atoms with Crippen molar-refractivity contribution < 1.29 is 14.3 Å². The van der Waals surface area contributed by atoms with Gasteiger partial charge in [0.1, 0.15) is 0 Å². The second kappa shape index (κ2) is 8.97. The summed E-state index contributed by atoms with van der Waals surface area (Å²) in [7, 11) is 0. The number of nitrogens with one attached hydrogen (secondary N) is 2. The lowest BCUT2D eigenvalue weighted by atomic mass is 10.0. The highest BCUT2D eigenvalue weighted by Gasteiger charge is 2.22. The molecule has 0 saturated heterocycles. The Morgan fingerprint density at radius 2 is 1.76 bits per heavy atom. The van der Waals surface area contributed by atoms with Crippen LogP contribution < -0.4 is 15.4 Å². The van der Waals surface area contributed by atoms with Gasteiger partial charge in [-0.3, -0.25) is 14.9 Å². The van der Waals surface area contributed by atoms with Gasteiger partial charge in [-0.05, 0) is 56.5 Å². The van der Waals surface area contributed by atoms with Crippen LogP contribution in [0.4, 0.5) is 5.95 Å². The molecule has 0 fully saturated rings. The number of aromatic nitrogens is 3. The van der Waals surface area contributed by atoms with Crippen LogP contribution in [0.2, 0.25) is 0 Å². The third-order valence-electron chi connectivity index (χ3n) is 6.18. The monoisotopic (exact) mass is 455 g/mol. The van der Waals surface area contributed by atoms with Crippen molar-refractivity contribution in [2.75, 3.05) is 11.9 Å². The molecule has 2 aromatic heterocycles. The molecule has 34 heavy (non-hydrogen) atoms. The first-order valence-electron chi connectivity index (χ1n) is 11.4. The van der Waals surface area contributed by atoms with Crippen molar-refractivity contribution >= 4 is 28.8 Å². The second-order valence-electron chi connectivity index (χ2n) is 8.57. The van der Waals surface area contributed by atoms with Crippen molar-refractivity contribution in [3.63, 3.8) is 0 Å². The Morgan fingerprint density at radius 1 is 1.00 bits per heavy atom. The third-order valence-corrected chi connectivity index (χ3v) is 6.18. The van der Waals surface area contributed by atoms with Crippen LogP contribution in [0.1, 0.15) is 52.9 Å². The molecule has 2 amide bonds. The first-order chi connectivity index (χ1) is 16.5. The van der Waals surface area contributed by atoms with E-state index < -0.39 is 0 Å². The van der Waals surface area contributed by atoms with Crippen molar-refractivity contribution in [2.24, 2.45) is 0 Å². The van der Waals surface area contributed by atoms with Crippen LogP contribution in [0.25, 0.3) is 22.2 Å². The van der Waals surface area contributed by atoms with E-state index in [1.807, 2.05) is 24.3 Å². The smallest absolute Gasteiger partial charge is 0.257 e. The molecule has 0 radical (unpaired) electrons. The van der Waals surface area contributed by atoms with Crippen molar-refractivity contribution in [3.05, 3.63) is 83.3 Å². The normalized spacial score (nSPS) is 16.9. The van der Waals surface area contributed by atoms with Gasteiger partial charge in [-0.1, -0.05) is 18.2 Å². The molecule has 5 rings (SSSR count). The largest absolute Gasteiger partial charge is 0.619 e. The van der Waals surface area contributed by atoms with E-state index in [4.69, 9.17) is 4.98 Å². The van der Waals surface area contributed by atoms with E-state index in [1.54, 1.807) is 30.3 Å². The summed E-state index contributed by atoms with van der Waals surface area (Å²) in [6.45, 7) is 2.66. The molecule has 4 aromatic rings. The average Bonchev–Trinajstić information content (AvgIpc) is 3.21. The summed E-state index contributed by atoms with van der Waals surface area (Å²) in [4.78, 5) is 30.4. The van der Waals surface area contributed by atoms with Gasteiger partial charge in [0.05, 0.1) is 11.0 Å². The molecule has 3 heterocycles. The summed E-state index contributed by atoms with van der Waals surface area (Å²) in [6, 6.07) is 16.1. The first-order valence-corrected chi connectivity index (χ1v) is 11.4. The fraction of sp³-hybridized carbons (Fsp3) is 0.231. The number of carbonyl (C=O) groups excluding carboxylic acids is 2. The molecule has 2 bridgehead atoms. The van der Waals surface area contributed by atoms with E-state index in [2.05, 4.69) is 22.1 Å². The van der Waals surface area contributed by atoms with E-state index >= 15 is 0 Å². The zero-order valence-corrected chi connectivity index (χ0v) is 18.8. The molecular weight excluding hydrogens is 430 g/mol. The molecule has 8 nitrogen and oxygen atoms in total. The summed E-state index contributed by atoms with van der Waals surface area (Å²) in [5.41, 5.74) is 4.08. The molecule has 1 unspecified atom stereocenters. The fourth-order valence-electron chi connectivity index (χ4n) is 4.49. The predicted molar refractivity (Wildman–Crippen MR) is 129 cm³/mol. The van der Waals surface area contributed by atoms with E-state index in [1.165, 1.54) is 12.4 Å². The highest BCUT2D eigenvalue weighted by Crippen LogP contribution is 2.34. The Bertz CT molecular complexity index is 1390. The highest BCUT2D eigenvalue weighted by molar-refractivity contribution is 6.06. The van der Waals surface area contributed by atoms with Crippen LogP contribution in [0, 0.1) is 5.21 Å². The standard InChI is InChI=1S/C26H25N5O3/c1-17-7-2-3-13-27-24(32)18-8-4-9-19(15-18)25(33)29-26-28-22-12-5-11-21(23(22)31(17)26)20-10-6-14-30(34)16-20/h4-6,8-12,14-17H,2-3,7,13H2,1H3,(H,27,32)(H,28,29,33). The Balaban J connectivity index is 1.66. The van der Waals surface area contributed by atoms with E-state index in [0.29, 0.717) is 23.6 Å². The van der Waals surface area contributed by atoms with Gasteiger partial charge in [0, 0.05) is 40.9 Å². The average molecular weight is 456 g/mol. The third kappa shape index (κ3) is 4.10. The molecule has 2 N–H and O–H groups in total. The lowest BCUT2D eigenvalue weighted by molar-refractivity contribution is -0.604. The molecule has 2 aromatic carbocycles. The number of para-hydroxylation sites is 1. The number of imidazole rings is 1. The van der Waals surface area contributed by atoms with Crippen molar-refractivity contribution in [1.82, 2.24) is 14.9 Å². The molecule has 172 valence electrons. The van der Waals surface area contributed by atoms with Crippen LogP contribution in [0.15, 0.2) is 67.0 Å². The molecule has 1 aliphatic heterocycles. The Labute approximate surface area is 196 Å². The topological polar surface area (TPSA) is 103 Å². The zero-order chi connectivity index (χ0) is 23.7. The van der Waals surface area contributed by atoms with Crippen molar-refractivity contribution in [3.8, 4) is 11.1 Å². The number of fused-ring (bicyclic) bond motifs is 5. The molecule has 1 atom stereocenters. The molecule has 0 spiro atoms. The summed E-state index contributed by atoms with van der Waals surface area (Å²) in [6.07, 6.45) is 5.55. The minimum absolute atomic E-state index is 0.0227. The van der Waals surface area contributed by atoms with Gasteiger partial charge in [0.25, 0.3) is 11.8 Å². The summed E-state index contributed by atoms with van der Waals surface area (Å²) < 4.78 is 2.83. The molecule has 0 saturated carbocycles. The lowest BCUT2D eigenvalue weighted by Gasteiger charge is -2.20. The fourth-order valence-corrected chi connectivity index (χ4v) is 4.49. The highest BCUT2D eigenvalue weighted by atomic mass is 16.5. The number of nitrogens with zero attached hydrogens (tertiary/aromatic N) is 3. The maximum atomic E-state index is 13.2. The van der Waals surface area contributed by atoms with Gasteiger partial charge < -0.3 is 15.1 Å². The van der Waals surface area contributed by atoms with Gasteiger partial charge in [-0.15, -0.1) is 0 Å². The zero-order valence-electron chi connectivity index (χ0n) is 18.8. The summed E-state index contributed by atoms with van der Waals surface area (Å²) >= 11 is 0. The van der Waals surface area contributed by atoms with E-state index in [0.717, 1.165) is 46.2 Å². The molecular formula is C26H25N5O3. The van der Waals surface area contributed by atoms with Crippen LogP contribution in [0.5, 0.6) is 0 Å². The van der Waals surface area contributed by atoms with E-state index in [9.17, 15) is 14.8 Å². The Hall–Kier alpha value is -4.20. The Morgan fingerprint density at radius 3 is 2.59 bits per heavy atom. The van der Waals surface area contributed by atoms with Gasteiger partial charge >= 0.3 is 0 Å². The Kier molecular flexibility index (Phi) is 5.71. The number of benzene rings is 2. The quantitative estimate of drug-likeness (QED) is 0.334. The molecule has 8 heteroatoms. The van der Waals surface area contributed by atoms with Gasteiger partial charge in [-0.2, -0.15) is 4.73 Å². The van der Waals surface area contributed by atoms with Crippen LogP contribution in [0.3, 0.4) is 0 Å². The summed E-state index contributed by atoms with van der Waals surface area (Å²) in [5.74, 6) is -0.0815. The summed E-state index contributed by atoms with van der Waals surface area (Å²) in [5, 5.41) is 17.9. The van der Waals surface area contributed by atoms with Gasteiger partial charge in [0.15, 0.2) is 12.4 Å². The van der Waals surface area contributed by atoms with Gasteiger partial charge in [0.2, 0.25) is 5.95 Å². The lowest BCUT2D eigenvalue weighted by Crippen LogP contribution is -2.25. The number of anilines is 1. The number of rotatable bonds is 1. The first kappa shape index (κ1) is 21.6. The van der Waals surface area contributed by atoms with E-state index in [-0.39, 0.29) is 17.9 Å². The molecule has 1 aliphatic rings. The van der Waals surface area contributed by atoms with Crippen molar-refractivity contribution in [1.29, 1.82) is 0 Å². The number of hydrogen-bond donors (Lipinski definition) is 2. The number of hydrogen-bond acceptors (Lipinski definition) is 4. The van der Waals surface area contributed by atoms with Gasteiger partial charge in [-0.25, -0.2) is 4.98 Å². The maximum Gasteiger partial charge on any atom is 0.257 e. The van der Waals surface area contributed by atoms with Crippen LogP contribution in [-0.2, 0) is 0 Å². The minimum Gasteiger partial charge on any atom is -0.619 e.